The van der Waals surface area contributed by atoms with E-state index in [0.29, 0.717) is 24.7 Å². The molecule has 1 aliphatic heterocycles. The Morgan fingerprint density at radius 3 is 3.00 bits per heavy atom. The quantitative estimate of drug-likeness (QED) is 0.621. The molecule has 5 heteroatoms. The Kier molecular flexibility index (Phi) is 1.65. The number of rotatable bonds is 2. The molecule has 2 heterocycles. The first-order valence-electron chi connectivity index (χ1n) is 3.77. The van der Waals surface area contributed by atoms with Crippen LogP contribution in [0.1, 0.15) is 11.7 Å². The molecule has 1 aromatic heterocycles. The molecule has 0 spiro atoms. The summed E-state index contributed by atoms with van der Waals surface area (Å²) in [6.07, 6.45) is 1.64. The van der Waals surface area contributed by atoms with Gasteiger partial charge < -0.3 is 9.30 Å². The zero-order chi connectivity index (χ0) is 8.55. The highest BCUT2D eigenvalue weighted by Gasteiger charge is 2.23. The lowest BCUT2D eigenvalue weighted by atomic mass is 10.2. The number of aryl methyl sites for hydroxylation is 1. The van der Waals surface area contributed by atoms with E-state index in [1.54, 1.807) is 17.8 Å². The van der Waals surface area contributed by atoms with Crippen LogP contribution < -0.4 is 0 Å². The minimum atomic E-state index is 0.249. The predicted octanol–water partition coefficient (Wildman–Crippen LogP) is 1.16. The SMILES string of the molecule is Cc1ncn(C2COC2)c1N=O. The third kappa shape index (κ3) is 0.937. The van der Waals surface area contributed by atoms with Crippen molar-refractivity contribution >= 4 is 5.82 Å². The van der Waals surface area contributed by atoms with E-state index in [4.69, 9.17) is 4.74 Å². The highest BCUT2D eigenvalue weighted by molar-refractivity contribution is 5.34. The lowest BCUT2D eigenvalue weighted by Crippen LogP contribution is -2.29. The summed E-state index contributed by atoms with van der Waals surface area (Å²) in [6, 6.07) is 0.249. The molecule has 5 nitrogen and oxygen atoms in total. The van der Waals surface area contributed by atoms with E-state index in [0.717, 1.165) is 0 Å². The standard InChI is InChI=1S/C7H9N3O2/c1-5-7(9-11)10(4-8-5)6-2-12-3-6/h4,6H,2-3H2,1H3. The van der Waals surface area contributed by atoms with Crippen LogP contribution in [0.4, 0.5) is 5.82 Å². The first kappa shape index (κ1) is 7.42. The van der Waals surface area contributed by atoms with Crippen molar-refractivity contribution in [3.63, 3.8) is 0 Å². The van der Waals surface area contributed by atoms with Crippen LogP contribution in [0.3, 0.4) is 0 Å². The molecule has 0 unspecified atom stereocenters. The number of nitroso groups, excluding NO2 is 1. The number of aromatic nitrogens is 2. The molecule has 0 aliphatic carbocycles. The number of nitrogens with zero attached hydrogens (tertiary/aromatic N) is 3. The summed E-state index contributed by atoms with van der Waals surface area (Å²) in [6.45, 7) is 3.07. The summed E-state index contributed by atoms with van der Waals surface area (Å²) < 4.78 is 6.78. The fraction of sp³-hybridized carbons (Fsp3) is 0.571. The second-order valence-electron chi connectivity index (χ2n) is 2.84. The highest BCUT2D eigenvalue weighted by Crippen LogP contribution is 2.25. The molecule has 0 amide bonds. The van der Waals surface area contributed by atoms with E-state index in [1.807, 2.05) is 0 Å². The lowest BCUT2D eigenvalue weighted by molar-refractivity contribution is -0.0226. The van der Waals surface area contributed by atoms with Gasteiger partial charge in [-0.25, -0.2) is 4.98 Å². The number of imidazole rings is 1. The van der Waals surface area contributed by atoms with Gasteiger partial charge in [-0.15, -0.1) is 4.91 Å². The third-order valence-corrected chi connectivity index (χ3v) is 2.04. The maximum atomic E-state index is 10.4. The van der Waals surface area contributed by atoms with Crippen molar-refractivity contribution in [2.75, 3.05) is 13.2 Å². The smallest absolute Gasteiger partial charge is 0.200 e. The molecule has 0 N–H and O–H groups in total. The zero-order valence-corrected chi connectivity index (χ0v) is 6.73. The molecule has 1 aromatic rings. The molecule has 0 radical (unpaired) electrons. The van der Waals surface area contributed by atoms with E-state index >= 15 is 0 Å². The third-order valence-electron chi connectivity index (χ3n) is 2.04. The van der Waals surface area contributed by atoms with Crippen molar-refractivity contribution in [3.05, 3.63) is 16.9 Å². The molecular weight excluding hydrogens is 158 g/mol. The van der Waals surface area contributed by atoms with Crippen molar-refractivity contribution in [2.45, 2.75) is 13.0 Å². The minimum absolute atomic E-state index is 0.249. The minimum Gasteiger partial charge on any atom is -0.377 e. The van der Waals surface area contributed by atoms with E-state index in [1.165, 1.54) is 0 Å². The van der Waals surface area contributed by atoms with Crippen LogP contribution in [0.5, 0.6) is 0 Å². The normalized spacial score (nSPS) is 17.4. The summed E-state index contributed by atoms with van der Waals surface area (Å²) in [4.78, 5) is 14.4. The monoisotopic (exact) mass is 167 g/mol. The highest BCUT2D eigenvalue weighted by atomic mass is 16.5. The zero-order valence-electron chi connectivity index (χ0n) is 6.73. The van der Waals surface area contributed by atoms with Crippen LogP contribution in [0, 0.1) is 11.8 Å². The topological polar surface area (TPSA) is 56.5 Å². The van der Waals surface area contributed by atoms with Crippen molar-refractivity contribution < 1.29 is 4.74 Å². The molecular formula is C7H9N3O2. The van der Waals surface area contributed by atoms with E-state index in [9.17, 15) is 4.91 Å². The van der Waals surface area contributed by atoms with Gasteiger partial charge in [0.25, 0.3) is 0 Å². The van der Waals surface area contributed by atoms with E-state index in [-0.39, 0.29) is 6.04 Å². The van der Waals surface area contributed by atoms with Crippen molar-refractivity contribution in [1.29, 1.82) is 0 Å². The summed E-state index contributed by atoms with van der Waals surface area (Å²) in [5.41, 5.74) is 0.678. The maximum absolute atomic E-state index is 10.4. The molecule has 0 saturated carbocycles. The summed E-state index contributed by atoms with van der Waals surface area (Å²) in [7, 11) is 0. The van der Waals surface area contributed by atoms with Crippen molar-refractivity contribution in [1.82, 2.24) is 9.55 Å². The fourth-order valence-electron chi connectivity index (χ4n) is 1.21. The molecule has 1 saturated heterocycles. The van der Waals surface area contributed by atoms with Crippen LogP contribution in [0.25, 0.3) is 0 Å². The van der Waals surface area contributed by atoms with Crippen LogP contribution >= 0.6 is 0 Å². The number of ether oxygens (including phenoxy) is 1. The predicted molar refractivity (Wildman–Crippen MR) is 42.3 cm³/mol. The Labute approximate surface area is 69.3 Å². The van der Waals surface area contributed by atoms with Gasteiger partial charge in [0, 0.05) is 0 Å². The van der Waals surface area contributed by atoms with Crippen LogP contribution in [-0.2, 0) is 4.74 Å². The van der Waals surface area contributed by atoms with Gasteiger partial charge in [0.05, 0.1) is 31.3 Å². The number of hydrogen-bond acceptors (Lipinski definition) is 4. The second kappa shape index (κ2) is 2.67. The maximum Gasteiger partial charge on any atom is 0.200 e. The fourth-order valence-corrected chi connectivity index (χ4v) is 1.21. The molecule has 64 valence electrons. The van der Waals surface area contributed by atoms with E-state index < -0.39 is 0 Å². The molecule has 1 fully saturated rings. The van der Waals surface area contributed by atoms with Crippen molar-refractivity contribution in [2.24, 2.45) is 5.18 Å². The largest absolute Gasteiger partial charge is 0.377 e. The lowest BCUT2D eigenvalue weighted by Gasteiger charge is -2.27. The number of hydrogen-bond donors (Lipinski definition) is 0. The Balaban J connectivity index is 2.35. The average Bonchev–Trinajstić information content (AvgIpc) is 2.29. The Hall–Kier alpha value is -1.23. The summed E-state index contributed by atoms with van der Waals surface area (Å²) in [5, 5.41) is 2.93. The van der Waals surface area contributed by atoms with Crippen LogP contribution in [0.2, 0.25) is 0 Å². The van der Waals surface area contributed by atoms with Gasteiger partial charge in [0.2, 0.25) is 0 Å². The Bertz CT molecular complexity index is 304. The molecule has 0 bridgehead atoms. The molecule has 0 aromatic carbocycles. The van der Waals surface area contributed by atoms with Gasteiger partial charge in [-0.2, -0.15) is 0 Å². The van der Waals surface area contributed by atoms with Gasteiger partial charge in [0.15, 0.2) is 5.82 Å². The molecule has 0 atom stereocenters. The van der Waals surface area contributed by atoms with Crippen LogP contribution in [0.15, 0.2) is 11.5 Å². The molecule has 12 heavy (non-hydrogen) atoms. The van der Waals surface area contributed by atoms with Gasteiger partial charge in [0.1, 0.15) is 0 Å². The Morgan fingerprint density at radius 1 is 1.75 bits per heavy atom. The van der Waals surface area contributed by atoms with Crippen LogP contribution in [-0.4, -0.2) is 22.8 Å². The first-order valence-corrected chi connectivity index (χ1v) is 3.77. The summed E-state index contributed by atoms with van der Waals surface area (Å²) in [5.74, 6) is 0.420. The Morgan fingerprint density at radius 2 is 2.50 bits per heavy atom. The van der Waals surface area contributed by atoms with Gasteiger partial charge in [-0.3, -0.25) is 0 Å². The van der Waals surface area contributed by atoms with Crippen molar-refractivity contribution in [3.8, 4) is 0 Å². The van der Waals surface area contributed by atoms with Gasteiger partial charge in [-0.05, 0) is 12.1 Å². The molecule has 1 aliphatic rings. The van der Waals surface area contributed by atoms with Gasteiger partial charge in [-0.1, -0.05) is 0 Å². The summed E-state index contributed by atoms with van der Waals surface area (Å²) >= 11 is 0. The first-order chi connectivity index (χ1) is 5.83. The molecule has 2 rings (SSSR count). The average molecular weight is 167 g/mol. The van der Waals surface area contributed by atoms with Gasteiger partial charge >= 0.3 is 0 Å². The second-order valence-corrected chi connectivity index (χ2v) is 2.84. The van der Waals surface area contributed by atoms with E-state index in [2.05, 4.69) is 10.2 Å².